The van der Waals surface area contributed by atoms with E-state index in [0.29, 0.717) is 0 Å². The molecule has 118 valence electrons. The first-order chi connectivity index (χ1) is 10.3. The number of thiazole rings is 1. The fourth-order valence-corrected chi connectivity index (χ4v) is 4.34. The van der Waals surface area contributed by atoms with Gasteiger partial charge < -0.3 is 10.2 Å². The summed E-state index contributed by atoms with van der Waals surface area (Å²) in [6.07, 6.45) is 9.08. The fraction of sp³-hybridized carbons (Fsp3) is 0.824. The Labute approximate surface area is 133 Å². The molecule has 1 N–H and O–H groups in total. The van der Waals surface area contributed by atoms with Gasteiger partial charge in [0.25, 0.3) is 0 Å². The summed E-state index contributed by atoms with van der Waals surface area (Å²) < 4.78 is 0. The molecule has 2 fully saturated rings. The first-order valence-corrected chi connectivity index (χ1v) is 9.58. The van der Waals surface area contributed by atoms with Crippen LogP contribution in [-0.2, 0) is 13.0 Å². The normalized spacial score (nSPS) is 22.2. The largest absolute Gasteiger partial charge is 0.348 e. The molecule has 2 aliphatic rings. The van der Waals surface area contributed by atoms with E-state index in [2.05, 4.69) is 24.1 Å². The summed E-state index contributed by atoms with van der Waals surface area (Å²) in [7, 11) is 0. The van der Waals surface area contributed by atoms with Gasteiger partial charge in [0.1, 0.15) is 0 Å². The Hall–Kier alpha value is -0.610. The highest BCUT2D eigenvalue weighted by atomic mass is 32.1. The van der Waals surface area contributed by atoms with Gasteiger partial charge in [0, 0.05) is 30.6 Å². The quantitative estimate of drug-likeness (QED) is 0.787. The Morgan fingerprint density at radius 1 is 1.24 bits per heavy atom. The molecule has 3 nitrogen and oxygen atoms in total. The molecule has 1 aliphatic heterocycles. The molecule has 0 bridgehead atoms. The number of aromatic nitrogens is 1. The molecule has 1 aromatic heterocycles. The minimum Gasteiger partial charge on any atom is -0.348 e. The van der Waals surface area contributed by atoms with E-state index in [4.69, 9.17) is 4.98 Å². The maximum atomic E-state index is 4.98. The van der Waals surface area contributed by atoms with Crippen molar-refractivity contribution >= 4 is 16.5 Å². The number of anilines is 1. The lowest BCUT2D eigenvalue weighted by Gasteiger charge is -2.14. The Morgan fingerprint density at radius 2 is 2.10 bits per heavy atom. The van der Waals surface area contributed by atoms with Crippen LogP contribution in [0.25, 0.3) is 0 Å². The topological polar surface area (TPSA) is 28.2 Å². The molecule has 1 unspecified atom stereocenters. The predicted molar refractivity (Wildman–Crippen MR) is 91.2 cm³/mol. The summed E-state index contributed by atoms with van der Waals surface area (Å²) in [6, 6.07) is 0.783. The molecule has 4 heteroatoms. The molecule has 21 heavy (non-hydrogen) atoms. The maximum Gasteiger partial charge on any atom is 0.185 e. The molecular weight excluding hydrogens is 278 g/mol. The molecule has 0 amide bonds. The van der Waals surface area contributed by atoms with E-state index in [9.17, 15) is 0 Å². The number of hydrogen-bond acceptors (Lipinski definition) is 4. The van der Waals surface area contributed by atoms with Gasteiger partial charge in [-0.25, -0.2) is 4.98 Å². The Kier molecular flexibility index (Phi) is 5.17. The van der Waals surface area contributed by atoms with Gasteiger partial charge in [-0.05, 0) is 38.0 Å². The van der Waals surface area contributed by atoms with E-state index in [0.717, 1.165) is 24.9 Å². The predicted octanol–water partition coefficient (Wildman–Crippen LogP) is 3.97. The van der Waals surface area contributed by atoms with Crippen LogP contribution in [0.3, 0.4) is 0 Å². The average Bonchev–Trinajstić information content (AvgIpc) is 3.04. The highest BCUT2D eigenvalue weighted by Gasteiger charge is 2.26. The Balaban J connectivity index is 1.65. The molecule has 1 atom stereocenters. The monoisotopic (exact) mass is 307 g/mol. The molecule has 1 saturated heterocycles. The lowest BCUT2D eigenvalue weighted by atomic mass is 10.0. The third kappa shape index (κ3) is 3.98. The minimum atomic E-state index is 0.783. The van der Waals surface area contributed by atoms with Crippen LogP contribution in [0.1, 0.15) is 62.9 Å². The number of hydrogen-bond donors (Lipinski definition) is 1. The van der Waals surface area contributed by atoms with E-state index < -0.39 is 0 Å². The Morgan fingerprint density at radius 3 is 2.81 bits per heavy atom. The van der Waals surface area contributed by atoms with Crippen LogP contribution in [0.15, 0.2) is 0 Å². The van der Waals surface area contributed by atoms with Gasteiger partial charge >= 0.3 is 0 Å². The second-order valence-electron chi connectivity index (χ2n) is 6.66. The van der Waals surface area contributed by atoms with Crippen molar-refractivity contribution in [1.29, 1.82) is 0 Å². The van der Waals surface area contributed by atoms with Crippen LogP contribution in [0, 0.1) is 5.92 Å². The highest BCUT2D eigenvalue weighted by molar-refractivity contribution is 7.15. The van der Waals surface area contributed by atoms with E-state index in [1.807, 2.05) is 11.3 Å². The smallest absolute Gasteiger partial charge is 0.185 e. The zero-order valence-electron chi connectivity index (χ0n) is 13.5. The molecule has 1 saturated carbocycles. The third-order valence-electron chi connectivity index (χ3n) is 4.64. The van der Waals surface area contributed by atoms with Gasteiger partial charge in [-0.3, -0.25) is 0 Å². The van der Waals surface area contributed by atoms with Crippen LogP contribution in [0.2, 0.25) is 0 Å². The van der Waals surface area contributed by atoms with Crippen LogP contribution in [-0.4, -0.2) is 24.1 Å². The first-order valence-electron chi connectivity index (χ1n) is 8.77. The zero-order valence-corrected chi connectivity index (χ0v) is 14.3. The fourth-order valence-electron chi connectivity index (χ4n) is 3.25. The van der Waals surface area contributed by atoms with Crippen LogP contribution in [0.5, 0.6) is 0 Å². The van der Waals surface area contributed by atoms with Gasteiger partial charge in [0.2, 0.25) is 0 Å². The molecule has 1 aromatic rings. The second kappa shape index (κ2) is 7.10. The van der Waals surface area contributed by atoms with Crippen molar-refractivity contribution in [1.82, 2.24) is 10.3 Å². The summed E-state index contributed by atoms with van der Waals surface area (Å²) in [5.74, 6) is 0.890. The summed E-state index contributed by atoms with van der Waals surface area (Å²) >= 11 is 1.94. The number of aryl methyl sites for hydroxylation is 1. The van der Waals surface area contributed by atoms with Crippen LogP contribution < -0.4 is 10.2 Å². The third-order valence-corrected chi connectivity index (χ3v) is 5.79. The van der Waals surface area contributed by atoms with Crippen molar-refractivity contribution in [3.05, 3.63) is 10.6 Å². The lowest BCUT2D eigenvalue weighted by molar-refractivity contribution is 0.529. The molecule has 0 radical (unpaired) electrons. The number of rotatable bonds is 8. The SMILES string of the molecule is CCCc1nc(N2CCC(CCC)C2)sc1CNC1CC1. The van der Waals surface area contributed by atoms with Crippen molar-refractivity contribution in [2.24, 2.45) is 5.92 Å². The lowest BCUT2D eigenvalue weighted by Crippen LogP contribution is -2.19. The molecule has 2 heterocycles. The molecule has 3 rings (SSSR count). The van der Waals surface area contributed by atoms with Crippen molar-refractivity contribution in [2.45, 2.75) is 71.4 Å². The summed E-state index contributed by atoms with van der Waals surface area (Å²) in [5, 5.41) is 4.94. The van der Waals surface area contributed by atoms with Gasteiger partial charge in [-0.15, -0.1) is 11.3 Å². The molecule has 0 spiro atoms. The van der Waals surface area contributed by atoms with Crippen molar-refractivity contribution in [3.63, 3.8) is 0 Å². The van der Waals surface area contributed by atoms with E-state index in [1.54, 1.807) is 0 Å². The summed E-state index contributed by atoms with van der Waals surface area (Å²) in [5.41, 5.74) is 1.35. The standard InChI is InChI=1S/C17H29N3S/c1-3-5-13-9-10-20(12-13)17-19-15(6-4-2)16(21-17)11-18-14-7-8-14/h13-14,18H,3-12H2,1-2H3. The van der Waals surface area contributed by atoms with Gasteiger partial charge in [0.05, 0.1) is 5.69 Å². The van der Waals surface area contributed by atoms with Crippen molar-refractivity contribution < 1.29 is 0 Å². The van der Waals surface area contributed by atoms with E-state index >= 15 is 0 Å². The molecular formula is C17H29N3S. The van der Waals surface area contributed by atoms with Gasteiger partial charge in [0.15, 0.2) is 5.13 Å². The molecule has 0 aromatic carbocycles. The van der Waals surface area contributed by atoms with E-state index in [-0.39, 0.29) is 0 Å². The maximum absolute atomic E-state index is 4.98. The van der Waals surface area contributed by atoms with E-state index in [1.165, 1.54) is 67.3 Å². The number of nitrogens with one attached hydrogen (secondary N) is 1. The Bertz CT molecular complexity index is 453. The first kappa shape index (κ1) is 15.3. The van der Waals surface area contributed by atoms with Gasteiger partial charge in [-0.2, -0.15) is 0 Å². The highest BCUT2D eigenvalue weighted by Crippen LogP contribution is 2.33. The van der Waals surface area contributed by atoms with Crippen molar-refractivity contribution in [2.75, 3.05) is 18.0 Å². The van der Waals surface area contributed by atoms with Crippen LogP contribution in [0.4, 0.5) is 5.13 Å². The zero-order chi connectivity index (χ0) is 14.7. The van der Waals surface area contributed by atoms with Gasteiger partial charge in [-0.1, -0.05) is 26.7 Å². The molecule has 1 aliphatic carbocycles. The second-order valence-corrected chi connectivity index (χ2v) is 7.72. The van der Waals surface area contributed by atoms with Crippen LogP contribution >= 0.6 is 11.3 Å². The summed E-state index contributed by atoms with van der Waals surface area (Å²) in [6.45, 7) is 8.02. The average molecular weight is 308 g/mol. The number of nitrogens with zero attached hydrogens (tertiary/aromatic N) is 2. The summed E-state index contributed by atoms with van der Waals surface area (Å²) in [4.78, 5) is 9.00. The minimum absolute atomic E-state index is 0.783. The van der Waals surface area contributed by atoms with Crippen molar-refractivity contribution in [3.8, 4) is 0 Å².